The highest BCUT2D eigenvalue weighted by molar-refractivity contribution is 7.80. The van der Waals surface area contributed by atoms with Crippen LogP contribution in [-0.4, -0.2) is 0 Å². The van der Waals surface area contributed by atoms with Crippen LogP contribution >= 0.6 is 25.0 Å². The summed E-state index contributed by atoms with van der Waals surface area (Å²) in [5.74, 6) is 0. The zero-order chi connectivity index (χ0) is 8.48. The first-order valence-electron chi connectivity index (χ1n) is 3.78. The van der Waals surface area contributed by atoms with E-state index in [0.717, 1.165) is 4.90 Å². The fourth-order valence-corrected chi connectivity index (χ4v) is 1.09. The van der Waals surface area contributed by atoms with Crippen LogP contribution in [0.4, 0.5) is 18.8 Å². The van der Waals surface area contributed by atoms with Crippen LogP contribution in [0.3, 0.4) is 0 Å². The molecule has 0 bridgehead atoms. The molecule has 0 unspecified atom stereocenters. The van der Waals surface area contributed by atoms with E-state index in [1.165, 1.54) is 5.56 Å². The number of halogens is 5. The van der Waals surface area contributed by atoms with Crippen molar-refractivity contribution in [3.63, 3.8) is 0 Å². The third-order valence-corrected chi connectivity index (χ3v) is 1.99. The van der Waals surface area contributed by atoms with Crippen molar-refractivity contribution in [2.45, 2.75) is 31.1 Å². The van der Waals surface area contributed by atoms with Gasteiger partial charge in [-0.1, -0.05) is 45.5 Å². The molecule has 0 fully saturated rings. The lowest BCUT2D eigenvalue weighted by molar-refractivity contribution is 0.590. The van der Waals surface area contributed by atoms with Gasteiger partial charge in [0.05, 0.1) is 0 Å². The van der Waals surface area contributed by atoms with Gasteiger partial charge in [-0.25, -0.2) is 0 Å². The molecule has 0 aromatic heterocycles. The summed E-state index contributed by atoms with van der Waals surface area (Å²) in [5.41, 5.74) is 1.58. The Hall–Kier alpha value is -0.550. The van der Waals surface area contributed by atoms with Crippen LogP contribution in [0, 0.1) is 0 Å². The predicted molar refractivity (Wildman–Crippen MR) is 68.3 cm³/mol. The normalized spacial score (nSPS) is 7.94. The minimum atomic E-state index is 0. The van der Waals surface area contributed by atoms with E-state index in [1.807, 2.05) is 12.1 Å². The second kappa shape index (κ2) is 11.0. The summed E-state index contributed by atoms with van der Waals surface area (Å²) in [5, 5.41) is 0. The minimum Gasteiger partial charge on any atom is -0.269 e. The second-order valence-electron chi connectivity index (χ2n) is 3.77. The predicted octanol–water partition coefficient (Wildman–Crippen LogP) is 4.57. The van der Waals surface area contributed by atoms with Crippen molar-refractivity contribution in [3.05, 3.63) is 29.8 Å². The van der Waals surface area contributed by atoms with Crippen molar-refractivity contribution in [2.24, 2.45) is 0 Å². The van der Waals surface area contributed by atoms with Crippen molar-refractivity contribution >= 4 is 25.0 Å². The maximum Gasteiger partial charge on any atom is 0.0377 e. The second-order valence-corrected chi connectivity index (χ2v) is 4.25. The number of hydrogen-bond acceptors (Lipinski definition) is 0. The molecule has 16 heavy (non-hydrogen) atoms. The van der Waals surface area contributed by atoms with Gasteiger partial charge in [-0.05, 0) is 23.1 Å². The Morgan fingerprint density at radius 1 is 0.812 bits per heavy atom. The molecule has 6 heteroatoms. The van der Waals surface area contributed by atoms with Gasteiger partial charge in [0.1, 0.15) is 0 Å². The van der Waals surface area contributed by atoms with Crippen molar-refractivity contribution in [3.8, 4) is 0 Å². The molecule has 1 aromatic rings. The Labute approximate surface area is 105 Å². The number of benzene rings is 1. The molecule has 1 aromatic carbocycles. The van der Waals surface area contributed by atoms with Crippen molar-refractivity contribution in [1.29, 1.82) is 0 Å². The molecule has 0 amide bonds. The van der Waals surface area contributed by atoms with Gasteiger partial charge in [0.15, 0.2) is 0 Å². The van der Waals surface area contributed by atoms with Gasteiger partial charge in [0, 0.05) is 4.90 Å². The van der Waals surface area contributed by atoms with Crippen LogP contribution in [0.15, 0.2) is 29.2 Å². The summed E-state index contributed by atoms with van der Waals surface area (Å²) in [7, 11) is 0. The first kappa shape index (κ1) is 29.5. The van der Waals surface area contributed by atoms with Gasteiger partial charge >= 0.3 is 0 Å². The third-order valence-electron chi connectivity index (χ3n) is 1.72. The topological polar surface area (TPSA) is 0 Å². The van der Waals surface area contributed by atoms with Gasteiger partial charge in [-0.2, -0.15) is 0 Å². The van der Waals surface area contributed by atoms with E-state index in [9.17, 15) is 0 Å². The highest BCUT2D eigenvalue weighted by atomic mass is 35.5. The summed E-state index contributed by atoms with van der Waals surface area (Å²) in [6.45, 7) is 6.60. The van der Waals surface area contributed by atoms with Crippen molar-refractivity contribution in [2.75, 3.05) is 0 Å². The number of hydrogen-bond donors (Lipinski definition) is 0. The molecule has 0 N–H and O–H groups in total. The molecule has 0 saturated carbocycles. The highest BCUT2D eigenvalue weighted by Gasteiger charge is 2.12. The van der Waals surface area contributed by atoms with Gasteiger partial charge < -0.3 is 0 Å². The maximum atomic E-state index is 4.99. The van der Waals surface area contributed by atoms with Crippen molar-refractivity contribution < 1.29 is 18.8 Å². The van der Waals surface area contributed by atoms with Crippen LogP contribution < -0.4 is 0 Å². The van der Waals surface area contributed by atoms with Crippen LogP contribution in [0.5, 0.6) is 0 Å². The molecular formula is C10H18ClF4S. The largest absolute Gasteiger partial charge is 0.269 e. The summed E-state index contributed by atoms with van der Waals surface area (Å²) < 4.78 is 0. The monoisotopic (exact) mass is 281 g/mol. The van der Waals surface area contributed by atoms with E-state index in [4.69, 9.17) is 12.6 Å². The van der Waals surface area contributed by atoms with Crippen LogP contribution in [-0.2, 0) is 5.41 Å². The molecule has 0 atom stereocenters. The summed E-state index contributed by atoms with van der Waals surface area (Å²) in [4.78, 5) is 0.915. The smallest absolute Gasteiger partial charge is 0.0377 e. The third kappa shape index (κ3) is 8.73. The first-order valence-corrected chi connectivity index (χ1v) is 4.18. The molecule has 0 nitrogen and oxygen atoms in total. The first-order chi connectivity index (χ1) is 5.00. The van der Waals surface area contributed by atoms with E-state index in [1.54, 1.807) is 0 Å². The molecule has 0 saturated heterocycles. The molecule has 1 radical (unpaired) electrons. The fraction of sp³-hybridized carbons (Fsp3) is 0.400. The lowest BCUT2D eigenvalue weighted by Gasteiger charge is -2.18. The van der Waals surface area contributed by atoms with E-state index in [-0.39, 0.29) is 36.6 Å². The molecule has 0 aliphatic carbocycles. The highest BCUT2D eigenvalue weighted by Crippen LogP contribution is 2.22. The lowest BCUT2D eigenvalue weighted by Crippen LogP contribution is -2.10. The lowest BCUT2D eigenvalue weighted by atomic mass is 9.87. The Morgan fingerprint density at radius 3 is 1.38 bits per heavy atom. The molecule has 1 rings (SSSR count). The van der Waals surface area contributed by atoms with Gasteiger partial charge in [-0.15, -0.1) is 12.4 Å². The van der Waals surface area contributed by atoms with Crippen LogP contribution in [0.2, 0.25) is 0 Å². The Balaban J connectivity index is -0.0000000807. The van der Waals surface area contributed by atoms with Gasteiger partial charge in [0.2, 0.25) is 0 Å². The average molecular weight is 282 g/mol. The molecule has 0 aliphatic heterocycles. The molecule has 0 spiro atoms. The Morgan fingerprint density at radius 2 is 1.12 bits per heavy atom. The van der Waals surface area contributed by atoms with E-state index < -0.39 is 0 Å². The molecular weight excluding hydrogens is 264 g/mol. The molecule has 99 valence electrons. The average Bonchev–Trinajstić information content (AvgIpc) is 1.86. The Bertz CT molecular complexity index is 246. The SMILES string of the molecule is CC(C)(C)c1ccc([S])cc1.Cl.F.F.F.F. The molecule has 0 heterocycles. The van der Waals surface area contributed by atoms with Crippen LogP contribution in [0.1, 0.15) is 26.3 Å². The van der Waals surface area contributed by atoms with Crippen molar-refractivity contribution in [1.82, 2.24) is 0 Å². The fourth-order valence-electron chi connectivity index (χ4n) is 0.955. The zero-order valence-corrected chi connectivity index (χ0v) is 10.9. The van der Waals surface area contributed by atoms with Gasteiger partial charge in [0.25, 0.3) is 0 Å². The number of rotatable bonds is 0. The minimum absolute atomic E-state index is 0. The summed E-state index contributed by atoms with van der Waals surface area (Å²) in [6, 6.07) is 8.16. The van der Waals surface area contributed by atoms with E-state index in [0.29, 0.717) is 0 Å². The summed E-state index contributed by atoms with van der Waals surface area (Å²) in [6.07, 6.45) is 0. The standard InChI is InChI=1S/C10H13S.ClH.4FH/c1-10(2,3)8-4-6-9(11)7-5-8;;;;;/h4-7H,1-3H3;5*1H. The van der Waals surface area contributed by atoms with E-state index >= 15 is 0 Å². The van der Waals surface area contributed by atoms with Gasteiger partial charge in [-0.3, -0.25) is 18.8 Å². The zero-order valence-electron chi connectivity index (χ0n) is 9.26. The quantitative estimate of drug-likeness (QED) is 0.611. The Kier molecular flexibility index (Phi) is 20.2. The van der Waals surface area contributed by atoms with E-state index in [2.05, 4.69) is 32.9 Å². The summed E-state index contributed by atoms with van der Waals surface area (Å²) >= 11 is 4.99. The van der Waals surface area contributed by atoms with Crippen LogP contribution in [0.25, 0.3) is 0 Å². The maximum absolute atomic E-state index is 4.99. The molecule has 0 aliphatic rings.